The lowest BCUT2D eigenvalue weighted by Crippen LogP contribution is -2.39. The summed E-state index contributed by atoms with van der Waals surface area (Å²) in [5.74, 6) is 0.675. The molecule has 1 fully saturated rings. The first kappa shape index (κ1) is 14.9. The summed E-state index contributed by atoms with van der Waals surface area (Å²) < 4.78 is 0. The molecule has 110 valence electrons. The second kappa shape index (κ2) is 6.75. The lowest BCUT2D eigenvalue weighted by atomic mass is 10.0. The number of hydrogen-bond donors (Lipinski definition) is 3. The van der Waals surface area contributed by atoms with Gasteiger partial charge in [0.1, 0.15) is 0 Å². The van der Waals surface area contributed by atoms with Crippen LogP contribution in [0.25, 0.3) is 0 Å². The van der Waals surface area contributed by atoms with Gasteiger partial charge in [0, 0.05) is 18.5 Å². The van der Waals surface area contributed by atoms with Crippen molar-refractivity contribution in [2.45, 2.75) is 44.8 Å². The molecule has 20 heavy (non-hydrogen) atoms. The Morgan fingerprint density at radius 1 is 1.35 bits per heavy atom. The second-order valence-electron chi connectivity index (χ2n) is 5.86. The molecule has 1 aromatic carbocycles. The van der Waals surface area contributed by atoms with Crippen LogP contribution in [0, 0.1) is 5.92 Å². The minimum atomic E-state index is -0.353. The Hall–Kier alpha value is -1.55. The van der Waals surface area contributed by atoms with Gasteiger partial charge in [0.15, 0.2) is 0 Å². The van der Waals surface area contributed by atoms with Crippen LogP contribution in [0.1, 0.15) is 38.2 Å². The minimum Gasteiger partial charge on any atom is -0.393 e. The van der Waals surface area contributed by atoms with E-state index in [1.54, 1.807) is 0 Å². The van der Waals surface area contributed by atoms with Crippen molar-refractivity contribution in [3.8, 4) is 0 Å². The van der Waals surface area contributed by atoms with Gasteiger partial charge < -0.3 is 15.7 Å². The molecule has 1 aromatic rings. The fourth-order valence-corrected chi connectivity index (χ4v) is 2.31. The summed E-state index contributed by atoms with van der Waals surface area (Å²) in [7, 11) is 0. The molecule has 0 spiro atoms. The molecule has 1 aliphatic rings. The first-order chi connectivity index (χ1) is 9.58. The lowest BCUT2D eigenvalue weighted by molar-refractivity contribution is 0.116. The Morgan fingerprint density at radius 2 is 2.05 bits per heavy atom. The summed E-state index contributed by atoms with van der Waals surface area (Å²) in [6.07, 6.45) is 1.25. The number of rotatable bonds is 6. The fraction of sp³-hybridized carbons (Fsp3) is 0.562. The molecule has 0 bridgehead atoms. The minimum absolute atomic E-state index is 0.135. The summed E-state index contributed by atoms with van der Waals surface area (Å²) in [6.45, 7) is 4.45. The van der Waals surface area contributed by atoms with E-state index in [0.29, 0.717) is 18.9 Å². The number of aliphatic hydroxyl groups is 1. The number of aliphatic hydroxyl groups excluding tert-OH is 1. The van der Waals surface area contributed by atoms with E-state index in [4.69, 9.17) is 0 Å². The Kier molecular flexibility index (Phi) is 5.01. The topological polar surface area (TPSA) is 61.4 Å². The molecule has 3 atom stereocenters. The van der Waals surface area contributed by atoms with Crippen molar-refractivity contribution in [2.75, 3.05) is 6.54 Å². The molecule has 4 heteroatoms. The highest BCUT2D eigenvalue weighted by molar-refractivity contribution is 5.74. The molecule has 3 unspecified atom stereocenters. The van der Waals surface area contributed by atoms with Gasteiger partial charge in [-0.1, -0.05) is 44.2 Å². The van der Waals surface area contributed by atoms with Gasteiger partial charge in [-0.05, 0) is 24.3 Å². The first-order valence-electron chi connectivity index (χ1n) is 7.35. The Bertz CT molecular complexity index is 433. The van der Waals surface area contributed by atoms with E-state index < -0.39 is 0 Å². The van der Waals surface area contributed by atoms with Gasteiger partial charge in [-0.2, -0.15) is 0 Å². The summed E-state index contributed by atoms with van der Waals surface area (Å²) in [5.41, 5.74) is 1.29. The van der Waals surface area contributed by atoms with Crippen LogP contribution < -0.4 is 10.6 Å². The van der Waals surface area contributed by atoms with Gasteiger partial charge in [0.25, 0.3) is 0 Å². The molecule has 0 aromatic heterocycles. The predicted molar refractivity (Wildman–Crippen MR) is 79.6 cm³/mol. The van der Waals surface area contributed by atoms with Crippen molar-refractivity contribution in [3.63, 3.8) is 0 Å². The summed E-state index contributed by atoms with van der Waals surface area (Å²) >= 11 is 0. The van der Waals surface area contributed by atoms with E-state index in [1.165, 1.54) is 5.56 Å². The van der Waals surface area contributed by atoms with Crippen molar-refractivity contribution in [3.05, 3.63) is 35.9 Å². The van der Waals surface area contributed by atoms with Crippen LogP contribution in [-0.2, 0) is 0 Å². The maximum atomic E-state index is 11.7. The normalized spacial score (nSPS) is 22.4. The third-order valence-corrected chi connectivity index (χ3v) is 3.83. The summed E-state index contributed by atoms with van der Waals surface area (Å²) in [4.78, 5) is 11.7. The highest BCUT2D eigenvalue weighted by Gasteiger charge is 2.39. The standard InChI is InChI=1S/C16H24N2O2/c1-11(2)15(19)8-9-17-16(20)18-14-10-13(14)12-6-4-3-5-7-12/h3-7,11,13-15,19H,8-10H2,1-2H3,(H2,17,18,20). The highest BCUT2D eigenvalue weighted by atomic mass is 16.3. The average molecular weight is 276 g/mol. The molecular formula is C16H24N2O2. The number of carbonyl (C=O) groups is 1. The molecule has 1 aliphatic carbocycles. The van der Waals surface area contributed by atoms with Crippen molar-refractivity contribution in [2.24, 2.45) is 5.92 Å². The quantitative estimate of drug-likeness (QED) is 0.746. The monoisotopic (exact) mass is 276 g/mol. The van der Waals surface area contributed by atoms with E-state index in [2.05, 4.69) is 22.8 Å². The van der Waals surface area contributed by atoms with Gasteiger partial charge in [-0.15, -0.1) is 0 Å². The van der Waals surface area contributed by atoms with Crippen molar-refractivity contribution < 1.29 is 9.90 Å². The largest absolute Gasteiger partial charge is 0.393 e. The summed E-state index contributed by atoms with van der Waals surface area (Å²) in [6, 6.07) is 10.4. The zero-order chi connectivity index (χ0) is 14.5. The van der Waals surface area contributed by atoms with E-state index in [1.807, 2.05) is 32.0 Å². The molecule has 0 saturated heterocycles. The van der Waals surface area contributed by atoms with E-state index in [-0.39, 0.29) is 24.1 Å². The zero-order valence-corrected chi connectivity index (χ0v) is 12.2. The number of benzene rings is 1. The third-order valence-electron chi connectivity index (χ3n) is 3.83. The van der Waals surface area contributed by atoms with Gasteiger partial charge in [-0.3, -0.25) is 0 Å². The Morgan fingerprint density at radius 3 is 2.70 bits per heavy atom. The molecule has 0 heterocycles. The number of amides is 2. The number of urea groups is 1. The molecule has 1 saturated carbocycles. The van der Waals surface area contributed by atoms with Crippen LogP contribution in [0.15, 0.2) is 30.3 Å². The average Bonchev–Trinajstić information content (AvgIpc) is 3.18. The van der Waals surface area contributed by atoms with Crippen LogP contribution in [0.5, 0.6) is 0 Å². The van der Waals surface area contributed by atoms with Crippen molar-refractivity contribution in [1.29, 1.82) is 0 Å². The van der Waals surface area contributed by atoms with Gasteiger partial charge in [0.2, 0.25) is 0 Å². The predicted octanol–water partition coefficient (Wildman–Crippen LogP) is 2.25. The van der Waals surface area contributed by atoms with Crippen LogP contribution in [0.3, 0.4) is 0 Å². The maximum Gasteiger partial charge on any atom is 0.315 e. The fourth-order valence-electron chi connectivity index (χ4n) is 2.31. The molecule has 3 N–H and O–H groups in total. The molecule has 2 amide bonds. The van der Waals surface area contributed by atoms with E-state index in [0.717, 1.165) is 6.42 Å². The van der Waals surface area contributed by atoms with Crippen LogP contribution in [0.2, 0.25) is 0 Å². The molecule has 0 aliphatic heterocycles. The summed E-state index contributed by atoms with van der Waals surface area (Å²) in [5, 5.41) is 15.4. The van der Waals surface area contributed by atoms with Crippen LogP contribution in [-0.4, -0.2) is 29.8 Å². The van der Waals surface area contributed by atoms with E-state index >= 15 is 0 Å². The Labute approximate surface area is 120 Å². The van der Waals surface area contributed by atoms with Crippen molar-refractivity contribution in [1.82, 2.24) is 10.6 Å². The molecular weight excluding hydrogens is 252 g/mol. The zero-order valence-electron chi connectivity index (χ0n) is 12.2. The molecule has 2 rings (SSSR count). The number of nitrogens with one attached hydrogen (secondary N) is 2. The second-order valence-corrected chi connectivity index (χ2v) is 5.86. The van der Waals surface area contributed by atoms with Gasteiger partial charge >= 0.3 is 6.03 Å². The van der Waals surface area contributed by atoms with Gasteiger partial charge in [-0.25, -0.2) is 4.79 Å². The van der Waals surface area contributed by atoms with Crippen LogP contribution in [0.4, 0.5) is 4.79 Å². The molecule has 4 nitrogen and oxygen atoms in total. The van der Waals surface area contributed by atoms with Crippen molar-refractivity contribution >= 4 is 6.03 Å². The Balaban J connectivity index is 1.65. The molecule has 0 radical (unpaired) electrons. The van der Waals surface area contributed by atoms with Gasteiger partial charge in [0.05, 0.1) is 6.10 Å². The lowest BCUT2D eigenvalue weighted by Gasteiger charge is -2.14. The third kappa shape index (κ3) is 4.23. The number of hydrogen-bond acceptors (Lipinski definition) is 2. The van der Waals surface area contributed by atoms with E-state index in [9.17, 15) is 9.90 Å². The number of carbonyl (C=O) groups excluding carboxylic acids is 1. The maximum absolute atomic E-state index is 11.7. The first-order valence-corrected chi connectivity index (χ1v) is 7.35. The van der Waals surface area contributed by atoms with Crippen LogP contribution >= 0.6 is 0 Å². The SMILES string of the molecule is CC(C)C(O)CCNC(=O)NC1CC1c1ccccc1. The smallest absolute Gasteiger partial charge is 0.315 e. The highest BCUT2D eigenvalue weighted by Crippen LogP contribution is 2.40.